The summed E-state index contributed by atoms with van der Waals surface area (Å²) in [5.41, 5.74) is 3.69. The molecule has 1 amide bonds. The van der Waals surface area contributed by atoms with Crippen molar-refractivity contribution in [1.29, 1.82) is 0 Å². The fourth-order valence-corrected chi connectivity index (χ4v) is 5.41. The SMILES string of the molecule is CC(=O)N[C@@H]1[C@@H](OCc2ccccc2)[C@H](OCc2ccccc2)[C@@H](COCc2ccccc2)O[C@@H]1[C@H](O)c1ccccc1. The first-order valence-electron chi connectivity index (χ1n) is 14.7. The lowest BCUT2D eigenvalue weighted by Crippen LogP contribution is -2.66. The summed E-state index contributed by atoms with van der Waals surface area (Å²) in [6, 6.07) is 38.3. The summed E-state index contributed by atoms with van der Waals surface area (Å²) in [7, 11) is 0. The van der Waals surface area contributed by atoms with Crippen molar-refractivity contribution in [3.05, 3.63) is 144 Å². The maximum atomic E-state index is 12.6. The van der Waals surface area contributed by atoms with Crippen molar-refractivity contribution >= 4 is 5.91 Å². The molecule has 43 heavy (non-hydrogen) atoms. The molecule has 224 valence electrons. The minimum atomic E-state index is -1.03. The zero-order chi connectivity index (χ0) is 29.9. The van der Waals surface area contributed by atoms with Crippen molar-refractivity contribution in [2.45, 2.75) is 63.3 Å². The summed E-state index contributed by atoms with van der Waals surface area (Å²) >= 11 is 0. The number of benzene rings is 4. The van der Waals surface area contributed by atoms with Crippen LogP contribution in [-0.2, 0) is 43.6 Å². The average Bonchev–Trinajstić information content (AvgIpc) is 3.05. The lowest BCUT2D eigenvalue weighted by atomic mass is 9.87. The number of hydrogen-bond acceptors (Lipinski definition) is 6. The Morgan fingerprint density at radius 2 is 1.19 bits per heavy atom. The van der Waals surface area contributed by atoms with Gasteiger partial charge in [-0.3, -0.25) is 4.79 Å². The van der Waals surface area contributed by atoms with E-state index in [1.165, 1.54) is 6.92 Å². The van der Waals surface area contributed by atoms with Gasteiger partial charge < -0.3 is 29.4 Å². The Kier molecular flexibility index (Phi) is 11.1. The monoisotopic (exact) mass is 581 g/mol. The first-order valence-corrected chi connectivity index (χ1v) is 14.7. The van der Waals surface area contributed by atoms with E-state index in [4.69, 9.17) is 18.9 Å². The second kappa shape index (κ2) is 15.6. The van der Waals surface area contributed by atoms with E-state index in [9.17, 15) is 9.90 Å². The first kappa shape index (κ1) is 30.6. The number of aliphatic hydroxyl groups excluding tert-OH is 1. The maximum absolute atomic E-state index is 12.6. The van der Waals surface area contributed by atoms with Gasteiger partial charge in [0.05, 0.1) is 32.5 Å². The summed E-state index contributed by atoms with van der Waals surface area (Å²) in [5.74, 6) is -0.257. The van der Waals surface area contributed by atoms with E-state index >= 15 is 0 Å². The van der Waals surface area contributed by atoms with Crippen molar-refractivity contribution < 1.29 is 28.8 Å². The molecule has 1 heterocycles. The number of ether oxygens (including phenoxy) is 4. The lowest BCUT2D eigenvalue weighted by Gasteiger charge is -2.48. The molecule has 0 radical (unpaired) electrons. The van der Waals surface area contributed by atoms with Gasteiger partial charge >= 0.3 is 0 Å². The second-order valence-electron chi connectivity index (χ2n) is 10.7. The molecule has 0 aliphatic carbocycles. The highest BCUT2D eigenvalue weighted by Gasteiger charge is 2.50. The van der Waals surface area contributed by atoms with Gasteiger partial charge in [-0.05, 0) is 22.3 Å². The van der Waals surface area contributed by atoms with Gasteiger partial charge in [0.25, 0.3) is 0 Å². The van der Waals surface area contributed by atoms with Crippen LogP contribution in [0.2, 0.25) is 0 Å². The van der Waals surface area contributed by atoms with Gasteiger partial charge in [0.2, 0.25) is 5.91 Å². The molecule has 7 heteroatoms. The normalized spacial score (nSPS) is 22.5. The third-order valence-corrected chi connectivity index (χ3v) is 7.52. The van der Waals surface area contributed by atoms with Crippen LogP contribution in [0.5, 0.6) is 0 Å². The lowest BCUT2D eigenvalue weighted by molar-refractivity contribution is -0.248. The molecule has 0 bridgehead atoms. The molecule has 0 aromatic heterocycles. The second-order valence-corrected chi connectivity index (χ2v) is 10.7. The highest BCUT2D eigenvalue weighted by Crippen LogP contribution is 2.34. The predicted octanol–water partition coefficient (Wildman–Crippen LogP) is 5.38. The quantitative estimate of drug-likeness (QED) is 0.221. The number of aliphatic hydroxyl groups is 1. The summed E-state index contributed by atoms with van der Waals surface area (Å²) < 4.78 is 26.0. The van der Waals surface area contributed by atoms with Crippen LogP contribution in [0, 0.1) is 0 Å². The van der Waals surface area contributed by atoms with Gasteiger partial charge in [-0.2, -0.15) is 0 Å². The molecule has 7 nitrogen and oxygen atoms in total. The predicted molar refractivity (Wildman–Crippen MR) is 164 cm³/mol. The van der Waals surface area contributed by atoms with Gasteiger partial charge in [0, 0.05) is 6.92 Å². The Hall–Kier alpha value is -3.85. The Balaban J connectivity index is 1.47. The summed E-state index contributed by atoms with van der Waals surface area (Å²) in [4.78, 5) is 12.6. The number of hydrogen-bond donors (Lipinski definition) is 2. The van der Waals surface area contributed by atoms with Crippen molar-refractivity contribution in [2.24, 2.45) is 0 Å². The highest BCUT2D eigenvalue weighted by molar-refractivity contribution is 5.73. The van der Waals surface area contributed by atoms with E-state index in [2.05, 4.69) is 5.32 Å². The van der Waals surface area contributed by atoms with Crippen LogP contribution < -0.4 is 5.32 Å². The van der Waals surface area contributed by atoms with E-state index in [1.807, 2.05) is 121 Å². The zero-order valence-corrected chi connectivity index (χ0v) is 24.3. The Bertz CT molecular complexity index is 1370. The fraction of sp³-hybridized carbons (Fsp3) is 0.306. The molecule has 5 rings (SSSR count). The fourth-order valence-electron chi connectivity index (χ4n) is 5.41. The molecule has 2 N–H and O–H groups in total. The maximum Gasteiger partial charge on any atom is 0.217 e. The Labute approximate surface area is 253 Å². The minimum Gasteiger partial charge on any atom is -0.386 e. The number of nitrogens with one attached hydrogen (secondary N) is 1. The van der Waals surface area contributed by atoms with Crippen LogP contribution in [0.4, 0.5) is 0 Å². The summed E-state index contributed by atoms with van der Waals surface area (Å²) in [6.07, 6.45) is -3.73. The molecular formula is C36H39NO6. The van der Waals surface area contributed by atoms with E-state index < -0.39 is 36.6 Å². The van der Waals surface area contributed by atoms with Crippen molar-refractivity contribution in [3.8, 4) is 0 Å². The van der Waals surface area contributed by atoms with Gasteiger partial charge in [-0.15, -0.1) is 0 Å². The van der Waals surface area contributed by atoms with Crippen LogP contribution in [0.3, 0.4) is 0 Å². The molecule has 1 aliphatic rings. The molecule has 0 spiro atoms. The highest BCUT2D eigenvalue weighted by atomic mass is 16.6. The molecule has 1 saturated heterocycles. The van der Waals surface area contributed by atoms with Gasteiger partial charge in [-0.25, -0.2) is 0 Å². The number of amides is 1. The molecule has 1 fully saturated rings. The van der Waals surface area contributed by atoms with Crippen molar-refractivity contribution in [3.63, 3.8) is 0 Å². The van der Waals surface area contributed by atoms with Crippen LogP contribution >= 0.6 is 0 Å². The van der Waals surface area contributed by atoms with Crippen molar-refractivity contribution in [1.82, 2.24) is 5.32 Å². The standard InChI is InChI=1S/C36H39NO6/c1-26(38)37-32-35(33(39)30-20-12-5-13-21-30)43-31(25-40-22-27-14-6-2-7-15-27)34(41-23-28-16-8-3-9-17-28)36(32)42-24-29-18-10-4-11-19-29/h2-21,31-36,39H,22-25H2,1H3,(H,37,38)/t31-,32+,33-,34-,35+,36-/m1/s1. The number of rotatable bonds is 13. The third-order valence-electron chi connectivity index (χ3n) is 7.52. The van der Waals surface area contributed by atoms with E-state index in [0.29, 0.717) is 25.4 Å². The Morgan fingerprint density at radius 3 is 1.70 bits per heavy atom. The van der Waals surface area contributed by atoms with Gasteiger partial charge in [-0.1, -0.05) is 121 Å². The summed E-state index contributed by atoms with van der Waals surface area (Å²) in [5, 5.41) is 14.7. The molecule has 0 unspecified atom stereocenters. The van der Waals surface area contributed by atoms with Gasteiger partial charge in [0.15, 0.2) is 0 Å². The largest absolute Gasteiger partial charge is 0.386 e. The first-order chi connectivity index (χ1) is 21.1. The van der Waals surface area contributed by atoms with Crippen LogP contribution in [-0.4, -0.2) is 48.1 Å². The zero-order valence-electron chi connectivity index (χ0n) is 24.3. The summed E-state index contributed by atoms with van der Waals surface area (Å²) in [6.45, 7) is 2.65. The molecule has 4 aromatic carbocycles. The van der Waals surface area contributed by atoms with E-state index in [1.54, 1.807) is 0 Å². The van der Waals surface area contributed by atoms with E-state index in [-0.39, 0.29) is 12.5 Å². The molecular weight excluding hydrogens is 542 g/mol. The van der Waals surface area contributed by atoms with Crippen LogP contribution in [0.15, 0.2) is 121 Å². The molecule has 4 aromatic rings. The number of carbonyl (C=O) groups excluding carboxylic acids is 1. The smallest absolute Gasteiger partial charge is 0.217 e. The molecule has 0 saturated carbocycles. The third kappa shape index (κ3) is 8.60. The minimum absolute atomic E-state index is 0.199. The van der Waals surface area contributed by atoms with Crippen LogP contribution in [0.25, 0.3) is 0 Å². The van der Waals surface area contributed by atoms with Crippen molar-refractivity contribution in [2.75, 3.05) is 6.61 Å². The van der Waals surface area contributed by atoms with Gasteiger partial charge in [0.1, 0.15) is 30.5 Å². The average molecular weight is 582 g/mol. The van der Waals surface area contributed by atoms with Crippen LogP contribution in [0.1, 0.15) is 35.3 Å². The number of carbonyl (C=O) groups is 1. The molecule has 1 aliphatic heterocycles. The Morgan fingerprint density at radius 1 is 0.721 bits per heavy atom. The topological polar surface area (TPSA) is 86.3 Å². The molecule has 6 atom stereocenters. The van der Waals surface area contributed by atoms with E-state index in [0.717, 1.165) is 16.7 Å².